The molecule has 1 aromatic carbocycles. The number of benzene rings is 1. The highest BCUT2D eigenvalue weighted by Gasteiger charge is 2.26. The third-order valence-electron chi connectivity index (χ3n) is 5.16. The first-order valence-electron chi connectivity index (χ1n) is 9.51. The van der Waals surface area contributed by atoms with Crippen molar-refractivity contribution in [2.75, 3.05) is 26.2 Å². The third kappa shape index (κ3) is 4.93. The van der Waals surface area contributed by atoms with Crippen molar-refractivity contribution in [2.24, 2.45) is 5.10 Å². The minimum absolute atomic E-state index is 0.134. The Balaban J connectivity index is 1.52. The first kappa shape index (κ1) is 19.1. The van der Waals surface area contributed by atoms with Crippen molar-refractivity contribution in [3.8, 4) is 0 Å². The van der Waals surface area contributed by atoms with E-state index in [4.69, 9.17) is 0 Å². The molecule has 27 heavy (non-hydrogen) atoms. The molecular weight excluding hydrogens is 344 g/mol. The van der Waals surface area contributed by atoms with Gasteiger partial charge in [0.15, 0.2) is 0 Å². The molecule has 0 saturated carbocycles. The van der Waals surface area contributed by atoms with E-state index in [9.17, 15) is 14.4 Å². The van der Waals surface area contributed by atoms with Gasteiger partial charge in [0.05, 0.1) is 0 Å². The number of carbonyl (C=O) groups excluding carboxylic acids is 3. The van der Waals surface area contributed by atoms with Gasteiger partial charge in [0.2, 0.25) is 11.8 Å². The summed E-state index contributed by atoms with van der Waals surface area (Å²) in [5, 5.41) is 3.89. The van der Waals surface area contributed by atoms with E-state index in [2.05, 4.69) is 29.6 Å². The lowest BCUT2D eigenvalue weighted by molar-refractivity contribution is -0.131. The summed E-state index contributed by atoms with van der Waals surface area (Å²) in [6.07, 6.45) is 2.64. The quantitative estimate of drug-likeness (QED) is 0.866. The number of rotatable bonds is 4. The van der Waals surface area contributed by atoms with E-state index in [-0.39, 0.29) is 17.7 Å². The number of nitrogens with zero attached hydrogens (tertiary/aromatic N) is 3. The molecule has 2 heterocycles. The fourth-order valence-electron chi connectivity index (χ4n) is 3.47. The Morgan fingerprint density at radius 1 is 1.07 bits per heavy atom. The summed E-state index contributed by atoms with van der Waals surface area (Å²) in [7, 11) is 0. The summed E-state index contributed by atoms with van der Waals surface area (Å²) < 4.78 is 0. The fraction of sp³-hybridized carbons (Fsp3) is 0.500. The molecule has 0 radical (unpaired) electrons. The molecule has 0 bridgehead atoms. The first-order chi connectivity index (χ1) is 13.0. The van der Waals surface area contributed by atoms with Crippen LogP contribution >= 0.6 is 0 Å². The van der Waals surface area contributed by atoms with Crippen LogP contribution in [0.3, 0.4) is 0 Å². The predicted molar refractivity (Wildman–Crippen MR) is 102 cm³/mol. The standard InChI is InChI=1S/C20H26N4O3/c1-15-5-2-3-6-16(15)7-10-19(26)23-11-4-12-24(14-13-23)20(27)17-8-9-18(25)22-21-17/h2-3,5-6H,4,7-14H2,1H3,(H,22,25). The van der Waals surface area contributed by atoms with Crippen LogP contribution in [-0.4, -0.2) is 59.4 Å². The lowest BCUT2D eigenvalue weighted by atomic mass is 10.0. The Kier molecular flexibility index (Phi) is 6.21. The second kappa shape index (κ2) is 8.79. The number of carbonyl (C=O) groups is 3. The molecule has 0 atom stereocenters. The van der Waals surface area contributed by atoms with Crippen molar-refractivity contribution in [3.63, 3.8) is 0 Å². The van der Waals surface area contributed by atoms with Gasteiger partial charge in [0.1, 0.15) is 5.71 Å². The molecule has 7 heteroatoms. The van der Waals surface area contributed by atoms with Gasteiger partial charge in [-0.05, 0) is 30.9 Å². The van der Waals surface area contributed by atoms with Crippen LogP contribution in [0.25, 0.3) is 0 Å². The van der Waals surface area contributed by atoms with Crippen molar-refractivity contribution in [1.29, 1.82) is 0 Å². The van der Waals surface area contributed by atoms with Gasteiger partial charge in [-0.15, -0.1) is 0 Å². The molecule has 2 aliphatic rings. The zero-order chi connectivity index (χ0) is 19.2. The van der Waals surface area contributed by atoms with Gasteiger partial charge in [-0.25, -0.2) is 5.43 Å². The molecule has 0 aliphatic carbocycles. The van der Waals surface area contributed by atoms with Gasteiger partial charge in [0, 0.05) is 45.4 Å². The average Bonchev–Trinajstić information content (AvgIpc) is 2.93. The van der Waals surface area contributed by atoms with Gasteiger partial charge < -0.3 is 9.80 Å². The number of amides is 3. The average molecular weight is 370 g/mol. The topological polar surface area (TPSA) is 82.1 Å². The number of hydrazone groups is 1. The Bertz CT molecular complexity index is 759. The van der Waals surface area contributed by atoms with E-state index in [0.29, 0.717) is 51.2 Å². The SMILES string of the molecule is Cc1ccccc1CCC(=O)N1CCCN(C(=O)C2=NNC(=O)CC2)CC1. The zero-order valence-electron chi connectivity index (χ0n) is 15.7. The lowest BCUT2D eigenvalue weighted by Gasteiger charge is -2.23. The molecule has 2 aliphatic heterocycles. The molecule has 0 aromatic heterocycles. The van der Waals surface area contributed by atoms with Crippen LogP contribution in [0.4, 0.5) is 0 Å². The molecule has 3 rings (SSSR count). The molecule has 3 amide bonds. The maximum atomic E-state index is 12.6. The second-order valence-electron chi connectivity index (χ2n) is 7.05. The Morgan fingerprint density at radius 3 is 2.56 bits per heavy atom. The molecule has 7 nitrogen and oxygen atoms in total. The van der Waals surface area contributed by atoms with Crippen molar-refractivity contribution in [3.05, 3.63) is 35.4 Å². The van der Waals surface area contributed by atoms with Crippen LogP contribution in [0.15, 0.2) is 29.4 Å². The van der Waals surface area contributed by atoms with E-state index >= 15 is 0 Å². The van der Waals surface area contributed by atoms with E-state index in [0.717, 1.165) is 12.8 Å². The monoisotopic (exact) mass is 370 g/mol. The summed E-state index contributed by atoms with van der Waals surface area (Å²) >= 11 is 0. The number of hydrogen-bond acceptors (Lipinski definition) is 4. The summed E-state index contributed by atoms with van der Waals surface area (Å²) in [5.41, 5.74) is 5.18. The van der Waals surface area contributed by atoms with Crippen LogP contribution < -0.4 is 5.43 Å². The maximum absolute atomic E-state index is 12.6. The highest BCUT2D eigenvalue weighted by molar-refractivity contribution is 6.39. The van der Waals surface area contributed by atoms with Gasteiger partial charge in [-0.3, -0.25) is 14.4 Å². The fourth-order valence-corrected chi connectivity index (χ4v) is 3.47. The first-order valence-corrected chi connectivity index (χ1v) is 9.51. The van der Waals surface area contributed by atoms with Crippen LogP contribution in [0.2, 0.25) is 0 Å². The second-order valence-corrected chi connectivity index (χ2v) is 7.05. The highest BCUT2D eigenvalue weighted by Crippen LogP contribution is 2.13. The van der Waals surface area contributed by atoms with Gasteiger partial charge in [0.25, 0.3) is 5.91 Å². The molecule has 1 N–H and O–H groups in total. The number of nitrogens with one attached hydrogen (secondary N) is 1. The normalized spacial score (nSPS) is 17.8. The Labute approximate surface area is 159 Å². The van der Waals surface area contributed by atoms with Gasteiger partial charge in [-0.1, -0.05) is 24.3 Å². The van der Waals surface area contributed by atoms with Crippen molar-refractivity contribution < 1.29 is 14.4 Å². The van der Waals surface area contributed by atoms with Crippen LogP contribution in [0, 0.1) is 6.92 Å². The van der Waals surface area contributed by atoms with Crippen molar-refractivity contribution in [1.82, 2.24) is 15.2 Å². The van der Waals surface area contributed by atoms with E-state index in [1.165, 1.54) is 11.1 Å². The summed E-state index contributed by atoms with van der Waals surface area (Å²) in [6.45, 7) is 4.37. The van der Waals surface area contributed by atoms with Gasteiger partial charge >= 0.3 is 0 Å². The van der Waals surface area contributed by atoms with E-state index < -0.39 is 0 Å². The molecular formula is C20H26N4O3. The van der Waals surface area contributed by atoms with Crippen LogP contribution in [-0.2, 0) is 20.8 Å². The minimum atomic E-state index is -0.159. The van der Waals surface area contributed by atoms with Crippen LogP contribution in [0.1, 0.15) is 36.8 Å². The highest BCUT2D eigenvalue weighted by atomic mass is 16.2. The third-order valence-corrected chi connectivity index (χ3v) is 5.16. The molecule has 144 valence electrons. The molecule has 0 unspecified atom stereocenters. The minimum Gasteiger partial charge on any atom is -0.341 e. The lowest BCUT2D eigenvalue weighted by Crippen LogP contribution is -2.42. The molecule has 1 aromatic rings. The smallest absolute Gasteiger partial charge is 0.270 e. The van der Waals surface area contributed by atoms with E-state index in [1.807, 2.05) is 17.0 Å². The largest absolute Gasteiger partial charge is 0.341 e. The zero-order valence-corrected chi connectivity index (χ0v) is 15.7. The molecule has 1 saturated heterocycles. The van der Waals surface area contributed by atoms with Gasteiger partial charge in [-0.2, -0.15) is 5.10 Å². The summed E-state index contributed by atoms with van der Waals surface area (Å²) in [6, 6.07) is 8.13. The number of hydrogen-bond donors (Lipinski definition) is 1. The number of aryl methyl sites for hydroxylation is 2. The van der Waals surface area contributed by atoms with E-state index in [1.54, 1.807) is 4.90 Å². The Hall–Kier alpha value is -2.70. The van der Waals surface area contributed by atoms with Crippen molar-refractivity contribution in [2.45, 2.75) is 39.0 Å². The molecule has 1 fully saturated rings. The van der Waals surface area contributed by atoms with Crippen molar-refractivity contribution >= 4 is 23.4 Å². The summed E-state index contributed by atoms with van der Waals surface area (Å²) in [5.74, 6) is -0.160. The summed E-state index contributed by atoms with van der Waals surface area (Å²) in [4.78, 5) is 40.0. The predicted octanol–water partition coefficient (Wildman–Crippen LogP) is 1.25. The maximum Gasteiger partial charge on any atom is 0.270 e. The molecule has 0 spiro atoms. The van der Waals surface area contributed by atoms with Crippen LogP contribution in [0.5, 0.6) is 0 Å². The Morgan fingerprint density at radius 2 is 1.81 bits per heavy atom.